The number of carbonyl (C=O) groups excluding carboxylic acids is 3. The van der Waals surface area contributed by atoms with Gasteiger partial charge in [0.25, 0.3) is 0 Å². The summed E-state index contributed by atoms with van der Waals surface area (Å²) >= 11 is 1.32. The van der Waals surface area contributed by atoms with Gasteiger partial charge in [-0.2, -0.15) is 0 Å². The second-order valence-electron chi connectivity index (χ2n) is 7.06. The Labute approximate surface area is 179 Å². The maximum atomic E-state index is 12.8. The lowest BCUT2D eigenvalue weighted by atomic mass is 10.2. The summed E-state index contributed by atoms with van der Waals surface area (Å²) in [5.74, 6) is -0.761. The van der Waals surface area contributed by atoms with Crippen LogP contribution in [-0.4, -0.2) is 53.4 Å². The second kappa shape index (κ2) is 11.4. The molecule has 1 aliphatic heterocycles. The van der Waals surface area contributed by atoms with Gasteiger partial charge in [-0.15, -0.1) is 11.3 Å². The number of hydrogen-bond acceptors (Lipinski definition) is 6. The fraction of sp³-hybridized carbons (Fsp3) is 0.429. The van der Waals surface area contributed by atoms with E-state index < -0.39 is 0 Å². The van der Waals surface area contributed by atoms with Gasteiger partial charge in [-0.1, -0.05) is 30.3 Å². The minimum Gasteiger partial charge on any atom is -0.376 e. The monoisotopic (exact) mass is 430 g/mol. The Balaban J connectivity index is 1.52. The molecule has 1 atom stereocenters. The third-order valence-corrected chi connectivity index (χ3v) is 5.39. The Kier molecular flexibility index (Phi) is 8.34. The molecule has 160 valence electrons. The lowest BCUT2D eigenvalue weighted by Crippen LogP contribution is -2.42. The van der Waals surface area contributed by atoms with Gasteiger partial charge in [0.05, 0.1) is 12.6 Å². The molecule has 1 aromatic heterocycles. The summed E-state index contributed by atoms with van der Waals surface area (Å²) < 4.78 is 5.52. The number of nitrogens with one attached hydrogen (secondary N) is 2. The Hall–Kier alpha value is -2.78. The van der Waals surface area contributed by atoms with Gasteiger partial charge in [0.1, 0.15) is 0 Å². The number of carbonyl (C=O) groups is 3. The van der Waals surface area contributed by atoms with Crippen LogP contribution in [0.4, 0.5) is 5.13 Å². The van der Waals surface area contributed by atoms with Crippen molar-refractivity contribution in [2.45, 2.75) is 38.3 Å². The molecule has 1 fully saturated rings. The van der Waals surface area contributed by atoms with Gasteiger partial charge < -0.3 is 20.3 Å². The molecular weight excluding hydrogens is 404 g/mol. The molecule has 30 heavy (non-hydrogen) atoms. The number of amides is 3. The molecule has 0 unspecified atom stereocenters. The summed E-state index contributed by atoms with van der Waals surface area (Å²) in [4.78, 5) is 42.7. The number of ether oxygens (including phenoxy) is 1. The highest BCUT2D eigenvalue weighted by Gasteiger charge is 2.21. The Morgan fingerprint density at radius 3 is 2.70 bits per heavy atom. The second-order valence-corrected chi connectivity index (χ2v) is 7.95. The van der Waals surface area contributed by atoms with Crippen LogP contribution in [0.25, 0.3) is 0 Å². The van der Waals surface area contributed by atoms with Crippen LogP contribution in [0, 0.1) is 0 Å². The van der Waals surface area contributed by atoms with Crippen molar-refractivity contribution in [3.05, 3.63) is 47.5 Å². The van der Waals surface area contributed by atoms with Crippen molar-refractivity contribution in [1.82, 2.24) is 15.2 Å². The molecule has 0 aliphatic carbocycles. The lowest BCUT2D eigenvalue weighted by Gasteiger charge is -2.23. The molecule has 0 radical (unpaired) electrons. The van der Waals surface area contributed by atoms with Gasteiger partial charge in [0, 0.05) is 44.1 Å². The molecule has 1 aliphatic rings. The first-order valence-electron chi connectivity index (χ1n) is 9.99. The number of aromatic nitrogens is 1. The van der Waals surface area contributed by atoms with Crippen molar-refractivity contribution in [1.29, 1.82) is 0 Å². The molecule has 2 aromatic rings. The van der Waals surface area contributed by atoms with Crippen LogP contribution >= 0.6 is 11.3 Å². The van der Waals surface area contributed by atoms with Crippen molar-refractivity contribution < 1.29 is 19.1 Å². The first-order valence-corrected chi connectivity index (χ1v) is 10.9. The maximum Gasteiger partial charge on any atom is 0.239 e. The molecular formula is C21H26N4O4S. The third kappa shape index (κ3) is 7.23. The average molecular weight is 431 g/mol. The van der Waals surface area contributed by atoms with Crippen LogP contribution < -0.4 is 10.6 Å². The van der Waals surface area contributed by atoms with Gasteiger partial charge in [0.15, 0.2) is 5.13 Å². The van der Waals surface area contributed by atoms with Gasteiger partial charge in [-0.05, 0) is 18.4 Å². The summed E-state index contributed by atoms with van der Waals surface area (Å²) in [6.45, 7) is 1.42. The van der Waals surface area contributed by atoms with E-state index in [2.05, 4.69) is 15.6 Å². The van der Waals surface area contributed by atoms with Gasteiger partial charge in [-0.25, -0.2) is 4.98 Å². The standard InChI is InChI=1S/C21H26N4O4S/c26-18(24-21-22-10-12-30-21)8-9-20(28)25(14-16-5-2-1-3-6-16)15-19(27)23-13-17-7-4-11-29-17/h1-3,5-6,10,12,17H,4,7-9,11,13-15H2,(H,23,27)(H,22,24,26)/t17-/m1/s1. The van der Waals surface area contributed by atoms with E-state index in [1.807, 2.05) is 30.3 Å². The molecule has 1 aromatic carbocycles. The predicted octanol–water partition coefficient (Wildman–Crippen LogP) is 2.19. The van der Waals surface area contributed by atoms with Crippen LogP contribution in [0.15, 0.2) is 41.9 Å². The summed E-state index contributed by atoms with van der Waals surface area (Å²) in [7, 11) is 0. The highest BCUT2D eigenvalue weighted by atomic mass is 32.1. The average Bonchev–Trinajstić information content (AvgIpc) is 3.45. The predicted molar refractivity (Wildman–Crippen MR) is 114 cm³/mol. The van der Waals surface area contributed by atoms with Gasteiger partial charge in [-0.3, -0.25) is 14.4 Å². The van der Waals surface area contributed by atoms with Crippen LogP contribution in [-0.2, 0) is 25.7 Å². The topological polar surface area (TPSA) is 101 Å². The van der Waals surface area contributed by atoms with Crippen LogP contribution in [0.1, 0.15) is 31.2 Å². The highest BCUT2D eigenvalue weighted by Crippen LogP contribution is 2.13. The van der Waals surface area contributed by atoms with E-state index in [-0.39, 0.29) is 43.2 Å². The van der Waals surface area contributed by atoms with Crippen molar-refractivity contribution >= 4 is 34.2 Å². The van der Waals surface area contributed by atoms with Crippen LogP contribution in [0.5, 0.6) is 0 Å². The Morgan fingerprint density at radius 1 is 1.17 bits per heavy atom. The van der Waals surface area contributed by atoms with Gasteiger partial charge >= 0.3 is 0 Å². The number of anilines is 1. The summed E-state index contributed by atoms with van der Waals surface area (Å²) in [6.07, 6.45) is 3.62. The molecule has 1 saturated heterocycles. The van der Waals surface area contributed by atoms with Crippen LogP contribution in [0.3, 0.4) is 0 Å². The number of nitrogens with zero attached hydrogens (tertiary/aromatic N) is 2. The van der Waals surface area contributed by atoms with Crippen molar-refractivity contribution in [3.63, 3.8) is 0 Å². The SMILES string of the molecule is O=C(CN(Cc1ccccc1)C(=O)CCC(=O)Nc1nccs1)NC[C@H]1CCCO1. The smallest absolute Gasteiger partial charge is 0.239 e. The molecule has 0 bridgehead atoms. The van der Waals surface area contributed by atoms with E-state index in [9.17, 15) is 14.4 Å². The fourth-order valence-corrected chi connectivity index (χ4v) is 3.69. The van der Waals surface area contributed by atoms with E-state index in [0.717, 1.165) is 25.0 Å². The molecule has 3 rings (SSSR count). The molecule has 9 heteroatoms. The van der Waals surface area contributed by atoms with Gasteiger partial charge in [0.2, 0.25) is 17.7 Å². The number of hydrogen-bond donors (Lipinski definition) is 2. The minimum absolute atomic E-state index is 0.0169. The number of benzene rings is 1. The zero-order valence-corrected chi connectivity index (χ0v) is 17.5. The molecule has 0 saturated carbocycles. The summed E-state index contributed by atoms with van der Waals surface area (Å²) in [5.41, 5.74) is 0.921. The number of rotatable bonds is 10. The molecule has 8 nitrogen and oxygen atoms in total. The fourth-order valence-electron chi connectivity index (χ4n) is 3.14. The van der Waals surface area contributed by atoms with E-state index in [1.165, 1.54) is 16.2 Å². The van der Waals surface area contributed by atoms with Crippen LogP contribution in [0.2, 0.25) is 0 Å². The molecule has 2 heterocycles. The lowest BCUT2D eigenvalue weighted by molar-refractivity contribution is -0.137. The highest BCUT2D eigenvalue weighted by molar-refractivity contribution is 7.13. The minimum atomic E-state index is -0.277. The first-order chi connectivity index (χ1) is 14.6. The van der Waals surface area contributed by atoms with E-state index in [4.69, 9.17) is 4.74 Å². The largest absolute Gasteiger partial charge is 0.376 e. The molecule has 0 spiro atoms. The van der Waals surface area contributed by atoms with E-state index in [0.29, 0.717) is 18.2 Å². The molecule has 2 N–H and O–H groups in total. The quantitative estimate of drug-likeness (QED) is 0.602. The van der Waals surface area contributed by atoms with E-state index >= 15 is 0 Å². The van der Waals surface area contributed by atoms with Crippen molar-refractivity contribution in [2.75, 3.05) is 25.0 Å². The Bertz CT molecular complexity index is 823. The van der Waals surface area contributed by atoms with E-state index in [1.54, 1.807) is 11.6 Å². The number of thiazole rings is 1. The Morgan fingerprint density at radius 2 is 2.00 bits per heavy atom. The zero-order valence-electron chi connectivity index (χ0n) is 16.7. The van der Waals surface area contributed by atoms with Crippen molar-refractivity contribution in [3.8, 4) is 0 Å². The normalized spacial score (nSPS) is 15.5. The maximum absolute atomic E-state index is 12.8. The summed E-state index contributed by atoms with van der Waals surface area (Å²) in [6, 6.07) is 9.47. The van der Waals surface area contributed by atoms with Crippen molar-refractivity contribution in [2.24, 2.45) is 0 Å². The molecule has 3 amide bonds. The zero-order chi connectivity index (χ0) is 21.2. The first kappa shape index (κ1) is 21.9. The summed E-state index contributed by atoms with van der Waals surface area (Å²) in [5, 5.41) is 7.77. The third-order valence-electron chi connectivity index (χ3n) is 4.70.